The number of aliphatic hydroxyl groups is 1. The van der Waals surface area contributed by atoms with E-state index >= 15 is 0 Å². The van der Waals surface area contributed by atoms with E-state index in [-0.39, 0.29) is 13.3 Å². The molecule has 0 aliphatic heterocycles. The van der Waals surface area contributed by atoms with Crippen LogP contribution >= 0.6 is 11.6 Å². The van der Waals surface area contributed by atoms with Crippen molar-refractivity contribution in [3.05, 3.63) is 41.8 Å². The summed E-state index contributed by atoms with van der Waals surface area (Å²) in [6.45, 7) is 1.35. The molecule has 1 amide bonds. The van der Waals surface area contributed by atoms with Crippen molar-refractivity contribution >= 4 is 17.5 Å². The molecule has 156 valence electrons. The van der Waals surface area contributed by atoms with Gasteiger partial charge in [-0.1, -0.05) is 50.8 Å². The van der Waals surface area contributed by atoms with Crippen molar-refractivity contribution in [2.75, 3.05) is 27.2 Å². The maximum atomic E-state index is 12.8. The number of halogens is 1. The second-order valence-electron chi connectivity index (χ2n) is 8.97. The number of nitrogens with zero attached hydrogens (tertiary/aromatic N) is 1. The van der Waals surface area contributed by atoms with Crippen LogP contribution in [0.25, 0.3) is 0 Å². The first-order chi connectivity index (χ1) is 12.9. The summed E-state index contributed by atoms with van der Waals surface area (Å²) in [6, 6.07) is 5.49. The number of hydrogen-bond donors (Lipinski definition) is 2. The van der Waals surface area contributed by atoms with E-state index < -0.39 is 6.10 Å². The molecule has 0 saturated heterocycles. The fourth-order valence-corrected chi connectivity index (χ4v) is 5.27. The zero-order valence-electron chi connectivity index (χ0n) is 17.3. The summed E-state index contributed by atoms with van der Waals surface area (Å²) in [5, 5.41) is 13.8. The first kappa shape index (κ1) is 23.2. The Hall–Kier alpha value is -1.10. The average molecular weight is 407 g/mol. The molecule has 2 bridgehead atoms. The number of rotatable bonds is 7. The van der Waals surface area contributed by atoms with E-state index in [0.717, 1.165) is 18.0 Å². The van der Waals surface area contributed by atoms with Gasteiger partial charge in [0.15, 0.2) is 0 Å². The van der Waals surface area contributed by atoms with Crippen LogP contribution in [0.4, 0.5) is 0 Å². The molecule has 0 aromatic heterocycles. The predicted molar refractivity (Wildman–Crippen MR) is 116 cm³/mol. The van der Waals surface area contributed by atoms with Gasteiger partial charge in [0.05, 0.1) is 16.7 Å². The molecule has 3 rings (SSSR count). The topological polar surface area (TPSA) is 52.6 Å². The molecule has 2 N–H and O–H groups in total. The van der Waals surface area contributed by atoms with Crippen LogP contribution in [-0.2, 0) is 6.42 Å². The van der Waals surface area contributed by atoms with E-state index in [1.807, 2.05) is 31.1 Å². The van der Waals surface area contributed by atoms with Gasteiger partial charge in [0.2, 0.25) is 0 Å². The van der Waals surface area contributed by atoms with E-state index in [9.17, 15) is 9.90 Å². The number of aliphatic hydroxyl groups excluding tert-OH is 1. The third-order valence-corrected chi connectivity index (χ3v) is 6.64. The molecule has 5 heteroatoms. The number of hydrogen-bond acceptors (Lipinski definition) is 3. The molecule has 2 aliphatic rings. The number of fused-ring (bicyclic) bond motifs is 2. The van der Waals surface area contributed by atoms with Gasteiger partial charge in [0.1, 0.15) is 0 Å². The highest BCUT2D eigenvalue weighted by Crippen LogP contribution is 2.48. The summed E-state index contributed by atoms with van der Waals surface area (Å²) < 4.78 is 0. The minimum atomic E-state index is -0.461. The van der Waals surface area contributed by atoms with Crippen LogP contribution in [0.5, 0.6) is 0 Å². The lowest BCUT2D eigenvalue weighted by molar-refractivity contribution is 0.0681. The molecule has 2 saturated carbocycles. The zero-order valence-corrected chi connectivity index (χ0v) is 18.1. The van der Waals surface area contributed by atoms with Gasteiger partial charge in [-0.2, -0.15) is 0 Å². The molecule has 4 nitrogen and oxygen atoms in total. The highest BCUT2D eigenvalue weighted by molar-refractivity contribution is 6.33. The molecule has 1 aromatic rings. The second-order valence-corrected chi connectivity index (χ2v) is 9.38. The van der Waals surface area contributed by atoms with Crippen LogP contribution < -0.4 is 5.32 Å². The normalized spacial score (nSPS) is 25.1. The summed E-state index contributed by atoms with van der Waals surface area (Å²) in [5.74, 6) is 0.764. The Bertz CT molecular complexity index is 652. The standard InChI is InChI=1S/C22H33ClN2O2.CH2/c1-25(2)14-18(26)11-17-7-8-20(23)19(12-17)21(27)24-15-22-9-3-5-16(13-22)6-4-10-22;/h7-8,12,16,18,26H,3-6,9-11,13-15H2,1-2H3,(H,24,27);1H2/t16?,18-,22?;/m1./s1. The molecule has 0 heterocycles. The Morgan fingerprint density at radius 1 is 1.32 bits per heavy atom. The van der Waals surface area contributed by atoms with E-state index in [4.69, 9.17) is 11.6 Å². The van der Waals surface area contributed by atoms with Crippen molar-refractivity contribution < 1.29 is 9.90 Å². The van der Waals surface area contributed by atoms with Crippen LogP contribution in [0.2, 0.25) is 5.02 Å². The lowest BCUT2D eigenvalue weighted by Gasteiger charge is -2.45. The highest BCUT2D eigenvalue weighted by atomic mass is 35.5. The molecule has 1 aromatic carbocycles. The van der Waals surface area contributed by atoms with Crippen molar-refractivity contribution in [1.29, 1.82) is 0 Å². The van der Waals surface area contributed by atoms with Crippen molar-refractivity contribution in [2.24, 2.45) is 11.3 Å². The van der Waals surface area contributed by atoms with Gasteiger partial charge in [-0.25, -0.2) is 0 Å². The van der Waals surface area contributed by atoms with E-state index in [0.29, 0.717) is 29.0 Å². The fraction of sp³-hybridized carbons (Fsp3) is 0.652. The summed E-state index contributed by atoms with van der Waals surface area (Å²) >= 11 is 6.30. The molecular formula is C23H35ClN2O2. The second kappa shape index (κ2) is 10.1. The van der Waals surface area contributed by atoms with Gasteiger partial charge in [-0.3, -0.25) is 4.79 Å². The minimum Gasteiger partial charge on any atom is -0.391 e. The molecular weight excluding hydrogens is 372 g/mol. The Balaban J connectivity index is 0.00000280. The van der Waals surface area contributed by atoms with Crippen molar-refractivity contribution in [3.63, 3.8) is 0 Å². The van der Waals surface area contributed by atoms with Crippen LogP contribution in [-0.4, -0.2) is 49.2 Å². The van der Waals surface area contributed by atoms with Crippen molar-refractivity contribution in [2.45, 2.75) is 57.5 Å². The number of carbonyl (C=O) groups is 1. The van der Waals surface area contributed by atoms with Crippen molar-refractivity contribution in [3.8, 4) is 0 Å². The molecule has 0 unspecified atom stereocenters. The van der Waals surface area contributed by atoms with E-state index in [1.54, 1.807) is 6.07 Å². The summed E-state index contributed by atoms with van der Waals surface area (Å²) in [5.41, 5.74) is 1.75. The number of benzene rings is 1. The molecule has 1 atom stereocenters. The summed E-state index contributed by atoms with van der Waals surface area (Å²) in [4.78, 5) is 14.8. The van der Waals surface area contributed by atoms with Crippen molar-refractivity contribution in [1.82, 2.24) is 10.2 Å². The monoisotopic (exact) mass is 406 g/mol. The van der Waals surface area contributed by atoms with Gasteiger partial charge in [-0.05, 0) is 68.8 Å². The Labute approximate surface area is 175 Å². The maximum absolute atomic E-state index is 12.8. The molecule has 28 heavy (non-hydrogen) atoms. The van der Waals surface area contributed by atoms with Crippen LogP contribution in [0.1, 0.15) is 60.9 Å². The van der Waals surface area contributed by atoms with Gasteiger partial charge >= 0.3 is 0 Å². The lowest BCUT2D eigenvalue weighted by atomic mass is 9.62. The number of likely N-dealkylation sites (N-methyl/N-ethyl adjacent to an activating group) is 1. The third-order valence-electron chi connectivity index (χ3n) is 6.31. The molecule has 0 spiro atoms. The minimum absolute atomic E-state index is 0. The lowest BCUT2D eigenvalue weighted by Crippen LogP contribution is -2.43. The quantitative estimate of drug-likeness (QED) is 0.712. The largest absolute Gasteiger partial charge is 0.391 e. The van der Waals surface area contributed by atoms with Crippen LogP contribution in [0.15, 0.2) is 18.2 Å². The Morgan fingerprint density at radius 3 is 2.64 bits per heavy atom. The van der Waals surface area contributed by atoms with E-state index in [1.165, 1.54) is 44.9 Å². The SMILES string of the molecule is CN(C)C[C@H](O)Cc1ccc(Cl)c(C(=O)NCC23CCCC(CCC2)C3)c1.[CH2]. The fourth-order valence-electron chi connectivity index (χ4n) is 5.06. The molecule has 2 radical (unpaired) electrons. The van der Waals surface area contributed by atoms with Gasteiger partial charge < -0.3 is 15.3 Å². The Morgan fingerprint density at radius 2 is 2.00 bits per heavy atom. The Kier molecular flexibility index (Phi) is 8.35. The molecule has 2 fully saturated rings. The third kappa shape index (κ3) is 5.95. The highest BCUT2D eigenvalue weighted by Gasteiger charge is 2.39. The van der Waals surface area contributed by atoms with E-state index in [2.05, 4.69) is 5.32 Å². The zero-order chi connectivity index (χ0) is 19.4. The first-order valence-electron chi connectivity index (χ1n) is 10.3. The number of carbonyl (C=O) groups excluding carboxylic acids is 1. The van der Waals surface area contributed by atoms with Gasteiger partial charge in [-0.15, -0.1) is 0 Å². The van der Waals surface area contributed by atoms with Gasteiger partial charge in [0, 0.05) is 13.1 Å². The van der Waals surface area contributed by atoms with Gasteiger partial charge in [0.25, 0.3) is 5.91 Å². The number of amides is 1. The predicted octanol–water partition coefficient (Wildman–Crippen LogP) is 4.22. The average Bonchev–Trinajstić information content (AvgIpc) is 2.61. The number of nitrogens with one attached hydrogen (secondary N) is 1. The maximum Gasteiger partial charge on any atom is 0.252 e. The summed E-state index contributed by atoms with van der Waals surface area (Å²) in [7, 11) is 3.87. The molecule has 2 aliphatic carbocycles. The first-order valence-corrected chi connectivity index (χ1v) is 10.6. The van der Waals surface area contributed by atoms with Crippen LogP contribution in [0.3, 0.4) is 0 Å². The summed E-state index contributed by atoms with van der Waals surface area (Å²) in [6.07, 6.45) is 9.08. The smallest absolute Gasteiger partial charge is 0.252 e. The van der Waals surface area contributed by atoms with Crippen LogP contribution in [0, 0.1) is 18.8 Å².